The zero-order valence-electron chi connectivity index (χ0n) is 15.3. The van der Waals surface area contributed by atoms with Crippen LogP contribution in [0.25, 0.3) is 0 Å². The van der Waals surface area contributed by atoms with Crippen LogP contribution in [0.2, 0.25) is 0 Å². The maximum atomic E-state index is 11.9. The molecule has 2 atom stereocenters. The molecule has 2 aromatic carbocycles. The molecule has 0 bridgehead atoms. The number of nitrogens with one attached hydrogen (secondary N) is 2. The van der Waals surface area contributed by atoms with Gasteiger partial charge in [0.05, 0.1) is 6.54 Å². The molecule has 4 N–H and O–H groups in total. The molecule has 2 aromatic rings. The van der Waals surface area contributed by atoms with Crippen LogP contribution in [-0.4, -0.2) is 18.4 Å². The van der Waals surface area contributed by atoms with Gasteiger partial charge in [-0.15, -0.1) is 0 Å². The van der Waals surface area contributed by atoms with Gasteiger partial charge in [0.15, 0.2) is 5.96 Å². The third-order valence-corrected chi connectivity index (χ3v) is 4.95. The van der Waals surface area contributed by atoms with E-state index in [1.165, 1.54) is 5.56 Å². The van der Waals surface area contributed by atoms with Crippen LogP contribution in [0.5, 0.6) is 0 Å². The second-order valence-electron chi connectivity index (χ2n) is 6.82. The van der Waals surface area contributed by atoms with E-state index in [1.54, 1.807) is 0 Å². The number of rotatable bonds is 5. The Morgan fingerprint density at radius 1 is 1.27 bits per heavy atom. The molecule has 0 saturated carbocycles. The summed E-state index contributed by atoms with van der Waals surface area (Å²) in [6.07, 6.45) is 1.55. The minimum absolute atomic E-state index is 0.0241. The van der Waals surface area contributed by atoms with Crippen LogP contribution in [0.1, 0.15) is 49.7 Å². The van der Waals surface area contributed by atoms with Crippen LogP contribution in [-0.2, 0) is 4.79 Å². The maximum absolute atomic E-state index is 11.9. The Labute approximate surface area is 154 Å². The Kier molecular flexibility index (Phi) is 5.56. The smallest absolute Gasteiger partial charge is 0.225 e. The van der Waals surface area contributed by atoms with Crippen LogP contribution >= 0.6 is 0 Å². The van der Waals surface area contributed by atoms with Gasteiger partial charge < -0.3 is 16.4 Å². The third-order valence-electron chi connectivity index (χ3n) is 4.95. The van der Waals surface area contributed by atoms with Crippen molar-refractivity contribution in [2.75, 3.05) is 17.2 Å². The predicted octanol–water partition coefficient (Wildman–Crippen LogP) is 4.05. The topological polar surface area (TPSA) is 79.5 Å². The first-order chi connectivity index (χ1) is 12.6. The second kappa shape index (κ2) is 8.04. The van der Waals surface area contributed by atoms with E-state index in [9.17, 15) is 4.79 Å². The molecule has 1 heterocycles. The van der Waals surface area contributed by atoms with Gasteiger partial charge in [0.2, 0.25) is 5.91 Å². The molecule has 2 unspecified atom stereocenters. The summed E-state index contributed by atoms with van der Waals surface area (Å²) < 4.78 is 0. The lowest BCUT2D eigenvalue weighted by Gasteiger charge is -2.24. The fourth-order valence-electron chi connectivity index (χ4n) is 3.19. The number of carbonyl (C=O) groups excluding carboxylic acids is 1. The van der Waals surface area contributed by atoms with Gasteiger partial charge in [0.25, 0.3) is 0 Å². The SMILES string of the molecule is CCC(C)c1ccc(NC(N)=NCC2CC(=O)Nc3ccccc32)cc1. The van der Waals surface area contributed by atoms with Crippen LogP contribution in [0.3, 0.4) is 0 Å². The third kappa shape index (κ3) is 4.23. The molecule has 5 heteroatoms. The minimum atomic E-state index is 0.0241. The van der Waals surface area contributed by atoms with Gasteiger partial charge >= 0.3 is 0 Å². The molecule has 3 rings (SSSR count). The number of aliphatic imine (C=N–C) groups is 1. The highest BCUT2D eigenvalue weighted by Gasteiger charge is 2.24. The average Bonchev–Trinajstić information content (AvgIpc) is 2.66. The van der Waals surface area contributed by atoms with E-state index >= 15 is 0 Å². The number of para-hydroxylation sites is 1. The summed E-state index contributed by atoms with van der Waals surface area (Å²) in [7, 11) is 0. The monoisotopic (exact) mass is 350 g/mol. The lowest BCUT2D eigenvalue weighted by molar-refractivity contribution is -0.116. The summed E-state index contributed by atoms with van der Waals surface area (Å²) in [6, 6.07) is 16.1. The molecule has 0 aliphatic carbocycles. The average molecular weight is 350 g/mol. The minimum Gasteiger partial charge on any atom is -0.370 e. The summed E-state index contributed by atoms with van der Waals surface area (Å²) >= 11 is 0. The quantitative estimate of drug-likeness (QED) is 0.562. The first-order valence-electron chi connectivity index (χ1n) is 9.12. The lowest BCUT2D eigenvalue weighted by Crippen LogP contribution is -2.27. The van der Waals surface area contributed by atoms with Crippen LogP contribution in [0, 0.1) is 0 Å². The highest BCUT2D eigenvalue weighted by atomic mass is 16.1. The molecule has 136 valence electrons. The van der Waals surface area contributed by atoms with E-state index in [2.05, 4.69) is 41.6 Å². The Morgan fingerprint density at radius 3 is 2.73 bits per heavy atom. The van der Waals surface area contributed by atoms with Crippen LogP contribution in [0.4, 0.5) is 11.4 Å². The van der Waals surface area contributed by atoms with E-state index in [4.69, 9.17) is 5.73 Å². The fourth-order valence-corrected chi connectivity index (χ4v) is 3.19. The van der Waals surface area contributed by atoms with E-state index in [0.29, 0.717) is 24.8 Å². The van der Waals surface area contributed by atoms with E-state index < -0.39 is 0 Å². The van der Waals surface area contributed by atoms with Gasteiger partial charge in [0, 0.05) is 23.7 Å². The largest absolute Gasteiger partial charge is 0.370 e. The number of hydrogen-bond donors (Lipinski definition) is 3. The highest BCUT2D eigenvalue weighted by molar-refractivity contribution is 5.95. The number of nitrogens with zero attached hydrogens (tertiary/aromatic N) is 1. The van der Waals surface area contributed by atoms with Gasteiger partial charge in [-0.1, -0.05) is 44.2 Å². The molecule has 0 spiro atoms. The van der Waals surface area contributed by atoms with E-state index in [1.807, 2.05) is 36.4 Å². The molecule has 26 heavy (non-hydrogen) atoms. The fraction of sp³-hybridized carbons (Fsp3) is 0.333. The first-order valence-corrected chi connectivity index (χ1v) is 9.12. The van der Waals surface area contributed by atoms with Crippen molar-refractivity contribution < 1.29 is 4.79 Å². The Hall–Kier alpha value is -2.82. The molecule has 1 amide bonds. The van der Waals surface area contributed by atoms with Crippen LogP contribution < -0.4 is 16.4 Å². The number of guanidine groups is 1. The molecule has 1 aliphatic rings. The van der Waals surface area contributed by atoms with Crippen molar-refractivity contribution in [3.63, 3.8) is 0 Å². The van der Waals surface area contributed by atoms with Crippen molar-refractivity contribution in [2.24, 2.45) is 10.7 Å². The first kappa shape index (κ1) is 18.0. The Balaban J connectivity index is 1.65. The Morgan fingerprint density at radius 2 is 2.00 bits per heavy atom. The summed E-state index contributed by atoms with van der Waals surface area (Å²) in [6.45, 7) is 4.88. The second-order valence-corrected chi connectivity index (χ2v) is 6.82. The Bertz CT molecular complexity index is 798. The zero-order chi connectivity index (χ0) is 18.5. The predicted molar refractivity (Wildman–Crippen MR) is 108 cm³/mol. The van der Waals surface area contributed by atoms with Crippen molar-refractivity contribution in [2.45, 2.75) is 38.5 Å². The summed E-state index contributed by atoms with van der Waals surface area (Å²) in [5.41, 5.74) is 10.3. The van der Waals surface area contributed by atoms with Gasteiger partial charge in [-0.25, -0.2) is 0 Å². The highest BCUT2D eigenvalue weighted by Crippen LogP contribution is 2.32. The molecule has 1 aliphatic heterocycles. The molecule has 0 fully saturated rings. The van der Waals surface area contributed by atoms with Gasteiger partial charge in [-0.2, -0.15) is 0 Å². The van der Waals surface area contributed by atoms with Crippen molar-refractivity contribution >= 4 is 23.2 Å². The zero-order valence-corrected chi connectivity index (χ0v) is 15.3. The molecule has 0 radical (unpaired) electrons. The number of hydrogen-bond acceptors (Lipinski definition) is 2. The van der Waals surface area contributed by atoms with Gasteiger partial charge in [-0.05, 0) is 41.7 Å². The summed E-state index contributed by atoms with van der Waals surface area (Å²) in [4.78, 5) is 16.3. The van der Waals surface area contributed by atoms with E-state index in [-0.39, 0.29) is 11.8 Å². The number of nitrogens with two attached hydrogens (primary N) is 1. The normalized spacial score (nSPS) is 18.0. The molecular weight excluding hydrogens is 324 g/mol. The summed E-state index contributed by atoms with van der Waals surface area (Å²) in [5, 5.41) is 6.03. The molecular formula is C21H26N4O. The van der Waals surface area contributed by atoms with Crippen LogP contribution in [0.15, 0.2) is 53.5 Å². The van der Waals surface area contributed by atoms with Crippen molar-refractivity contribution in [3.05, 3.63) is 59.7 Å². The number of fused-ring (bicyclic) bond motifs is 1. The summed E-state index contributed by atoms with van der Waals surface area (Å²) in [5.74, 6) is 0.987. The van der Waals surface area contributed by atoms with Crippen molar-refractivity contribution in [1.82, 2.24) is 0 Å². The van der Waals surface area contributed by atoms with Crippen molar-refractivity contribution in [1.29, 1.82) is 0 Å². The standard InChI is InChI=1S/C21H26N4O/c1-3-14(2)15-8-10-17(11-9-15)24-21(22)23-13-16-12-20(26)25-19-7-5-4-6-18(16)19/h4-11,14,16H,3,12-13H2,1-2H3,(H,25,26)(H3,22,23,24). The number of carbonyl (C=O) groups is 1. The van der Waals surface area contributed by atoms with Gasteiger partial charge in [0.1, 0.15) is 0 Å². The molecule has 5 nitrogen and oxygen atoms in total. The number of amides is 1. The van der Waals surface area contributed by atoms with E-state index in [0.717, 1.165) is 23.4 Å². The van der Waals surface area contributed by atoms with Crippen molar-refractivity contribution in [3.8, 4) is 0 Å². The maximum Gasteiger partial charge on any atom is 0.225 e. The number of anilines is 2. The molecule has 0 aromatic heterocycles. The number of benzene rings is 2. The lowest BCUT2D eigenvalue weighted by atomic mass is 9.91. The molecule has 0 saturated heterocycles. The van der Waals surface area contributed by atoms with Gasteiger partial charge in [-0.3, -0.25) is 9.79 Å².